The van der Waals surface area contributed by atoms with Gasteiger partial charge in [-0.1, -0.05) is 0 Å². The molecule has 0 unspecified atom stereocenters. The Morgan fingerprint density at radius 2 is 0.500 bits per heavy atom. The Morgan fingerprint density at radius 3 is 0.775 bits per heavy atom. The monoisotopic (exact) mass is 577 g/mol. The molecule has 0 saturated carbocycles. The smallest absolute Gasteiger partial charge is 0.0110 e. The molecule has 0 rings (SSSR count). The first-order chi connectivity index (χ1) is 19.6. The van der Waals surface area contributed by atoms with Crippen LogP contribution in [0.4, 0.5) is 0 Å². The van der Waals surface area contributed by atoms with Crippen LogP contribution in [0.5, 0.6) is 0 Å². The van der Waals surface area contributed by atoms with Crippen LogP contribution in [0.1, 0.15) is 0 Å². The van der Waals surface area contributed by atoms with E-state index in [1.807, 2.05) is 0 Å². The van der Waals surface area contributed by atoms with E-state index < -0.39 is 0 Å². The number of nitrogens with two attached hydrogens (primary N) is 6. The predicted octanol–water partition coefficient (Wildman–Crippen LogP) is -5.70. The van der Waals surface area contributed by atoms with Crippen molar-refractivity contribution in [1.29, 1.82) is 0 Å². The van der Waals surface area contributed by atoms with Gasteiger partial charge in [-0.05, 0) is 0 Å². The topological polar surface area (TPSA) is 217 Å². The largest absolute Gasteiger partial charge is 0.329 e. The van der Waals surface area contributed by atoms with Crippen molar-refractivity contribution < 1.29 is 0 Å². The van der Waals surface area contributed by atoms with Gasteiger partial charge in [0.2, 0.25) is 0 Å². The van der Waals surface area contributed by atoms with E-state index in [0.717, 1.165) is 131 Å². The minimum absolute atomic E-state index is 0.651. The van der Waals surface area contributed by atoms with Crippen LogP contribution >= 0.6 is 0 Å². The maximum atomic E-state index is 5.85. The summed E-state index contributed by atoms with van der Waals surface area (Å²) in [7, 11) is 0. The zero-order chi connectivity index (χ0) is 29.5. The molecule has 0 aromatic rings. The lowest BCUT2D eigenvalue weighted by Crippen LogP contribution is -2.47. The second kappa shape index (κ2) is 31.4. The maximum absolute atomic E-state index is 5.85. The Labute approximate surface area is 245 Å². The summed E-state index contributed by atoms with van der Waals surface area (Å²) in [6.45, 7) is 22.8. The lowest BCUT2D eigenvalue weighted by Gasteiger charge is -2.32. The lowest BCUT2D eigenvalue weighted by molar-refractivity contribution is 0.158. The highest BCUT2D eigenvalue weighted by atomic mass is 15.3. The van der Waals surface area contributed by atoms with Crippen molar-refractivity contribution in [2.24, 2.45) is 34.4 Å². The SMILES string of the molecule is NCCNCCNCCN(CCNCCNCCN)CCN(CCN(CCN)CCN)CCN(CCN)CCN. The van der Waals surface area contributed by atoms with Crippen LogP contribution in [0.25, 0.3) is 0 Å². The minimum Gasteiger partial charge on any atom is -0.329 e. The fourth-order valence-electron chi connectivity index (χ4n) is 4.45. The van der Waals surface area contributed by atoms with Gasteiger partial charge in [-0.15, -0.1) is 0 Å². The van der Waals surface area contributed by atoms with Crippen LogP contribution in [-0.4, -0.2) is 190 Å². The number of hydrogen-bond acceptors (Lipinski definition) is 14. The molecule has 0 amide bonds. The van der Waals surface area contributed by atoms with E-state index in [4.69, 9.17) is 34.4 Å². The molecule has 14 heteroatoms. The fourth-order valence-corrected chi connectivity index (χ4v) is 4.45. The average Bonchev–Trinajstić information content (AvgIpc) is 2.95. The molecule has 14 nitrogen and oxygen atoms in total. The third-order valence-electron chi connectivity index (χ3n) is 6.79. The first-order valence-electron chi connectivity index (χ1n) is 15.6. The van der Waals surface area contributed by atoms with Crippen LogP contribution in [0, 0.1) is 0 Å². The summed E-state index contributed by atoms with van der Waals surface area (Å²) >= 11 is 0. The Balaban J connectivity index is 4.96. The molecule has 0 aliphatic heterocycles. The Bertz CT molecular complexity index is 440. The second-order valence-electron chi connectivity index (χ2n) is 10.1. The van der Waals surface area contributed by atoms with E-state index in [2.05, 4.69) is 40.9 Å². The lowest BCUT2D eigenvalue weighted by atomic mass is 10.3. The molecule has 40 heavy (non-hydrogen) atoms. The van der Waals surface area contributed by atoms with Crippen molar-refractivity contribution in [3.63, 3.8) is 0 Å². The number of nitrogens with one attached hydrogen (secondary N) is 4. The van der Waals surface area contributed by atoms with Crippen molar-refractivity contribution in [3.05, 3.63) is 0 Å². The highest BCUT2D eigenvalue weighted by Gasteiger charge is 2.13. The average molecular weight is 577 g/mol. The summed E-state index contributed by atoms with van der Waals surface area (Å²) in [5, 5.41) is 13.8. The normalized spacial score (nSPS) is 12.2. The number of nitrogens with zero attached hydrogens (tertiary/aromatic N) is 4. The predicted molar refractivity (Wildman–Crippen MR) is 172 cm³/mol. The van der Waals surface area contributed by atoms with Gasteiger partial charge < -0.3 is 55.7 Å². The highest BCUT2D eigenvalue weighted by Crippen LogP contribution is 1.98. The highest BCUT2D eigenvalue weighted by molar-refractivity contribution is 4.71. The molecule has 242 valence electrons. The molecule has 0 saturated heterocycles. The molecule has 0 aliphatic rings. The molecular weight excluding hydrogens is 508 g/mol. The van der Waals surface area contributed by atoms with Gasteiger partial charge in [-0.3, -0.25) is 19.6 Å². The van der Waals surface area contributed by atoms with E-state index in [-0.39, 0.29) is 0 Å². The van der Waals surface area contributed by atoms with Crippen molar-refractivity contribution in [3.8, 4) is 0 Å². The standard InChI is InChI=1S/C26H68N14/c27-1-7-33-9-11-35-13-19-39(20-14-36-12-10-34-8-2-28)23-26-40(24-21-37(15-3-29)16-4-30)25-22-38(17-5-31)18-6-32/h33-36H,1-32H2. The van der Waals surface area contributed by atoms with E-state index in [1.165, 1.54) is 0 Å². The second-order valence-corrected chi connectivity index (χ2v) is 10.1. The Hall–Kier alpha value is -0.560. The third-order valence-corrected chi connectivity index (χ3v) is 6.79. The summed E-state index contributed by atoms with van der Waals surface area (Å²) in [5.41, 5.74) is 34.5. The molecule has 0 heterocycles. The number of rotatable bonds is 33. The van der Waals surface area contributed by atoms with Crippen LogP contribution in [-0.2, 0) is 0 Å². The van der Waals surface area contributed by atoms with Crippen LogP contribution < -0.4 is 55.7 Å². The first kappa shape index (κ1) is 39.4. The molecule has 0 spiro atoms. The van der Waals surface area contributed by atoms with Crippen LogP contribution in [0.15, 0.2) is 0 Å². The molecule has 0 fully saturated rings. The molecule has 16 N–H and O–H groups in total. The zero-order valence-corrected chi connectivity index (χ0v) is 25.6. The van der Waals surface area contributed by atoms with E-state index in [0.29, 0.717) is 39.3 Å². The number of hydrogen-bond donors (Lipinski definition) is 10. The van der Waals surface area contributed by atoms with Gasteiger partial charge in [0.25, 0.3) is 0 Å². The molecule has 0 aromatic heterocycles. The minimum atomic E-state index is 0.651. The van der Waals surface area contributed by atoms with Crippen molar-refractivity contribution in [1.82, 2.24) is 40.9 Å². The Morgan fingerprint density at radius 1 is 0.250 bits per heavy atom. The summed E-state index contributed by atoms with van der Waals surface area (Å²) in [5.74, 6) is 0. The van der Waals surface area contributed by atoms with Crippen LogP contribution in [0.3, 0.4) is 0 Å². The summed E-state index contributed by atoms with van der Waals surface area (Å²) in [4.78, 5) is 9.87. The van der Waals surface area contributed by atoms with Crippen molar-refractivity contribution in [2.75, 3.05) is 170 Å². The van der Waals surface area contributed by atoms with Gasteiger partial charge in [0.05, 0.1) is 0 Å². The molecule has 0 aromatic carbocycles. The zero-order valence-electron chi connectivity index (χ0n) is 25.6. The quantitative estimate of drug-likeness (QED) is 0.0329. The fraction of sp³-hybridized carbons (Fsp3) is 1.00. The molecule has 0 bridgehead atoms. The van der Waals surface area contributed by atoms with E-state index in [9.17, 15) is 0 Å². The molecule has 0 aliphatic carbocycles. The van der Waals surface area contributed by atoms with Gasteiger partial charge >= 0.3 is 0 Å². The van der Waals surface area contributed by atoms with Gasteiger partial charge in [-0.2, -0.15) is 0 Å². The summed E-state index contributed by atoms with van der Waals surface area (Å²) < 4.78 is 0. The maximum Gasteiger partial charge on any atom is 0.0110 e. The third kappa shape index (κ3) is 25.2. The molecule has 0 atom stereocenters. The van der Waals surface area contributed by atoms with Gasteiger partial charge in [0.1, 0.15) is 0 Å². The molecular formula is C26H68N14. The summed E-state index contributed by atoms with van der Waals surface area (Å²) in [6, 6.07) is 0. The van der Waals surface area contributed by atoms with Gasteiger partial charge in [-0.25, -0.2) is 0 Å². The van der Waals surface area contributed by atoms with Crippen LogP contribution in [0.2, 0.25) is 0 Å². The van der Waals surface area contributed by atoms with Crippen molar-refractivity contribution >= 4 is 0 Å². The van der Waals surface area contributed by atoms with Gasteiger partial charge in [0.15, 0.2) is 0 Å². The molecule has 0 radical (unpaired) electrons. The van der Waals surface area contributed by atoms with E-state index in [1.54, 1.807) is 0 Å². The first-order valence-corrected chi connectivity index (χ1v) is 15.6. The Kier molecular flexibility index (Phi) is 30.9. The summed E-state index contributed by atoms with van der Waals surface area (Å²) in [6.07, 6.45) is 0. The van der Waals surface area contributed by atoms with Crippen molar-refractivity contribution in [2.45, 2.75) is 0 Å². The van der Waals surface area contributed by atoms with Gasteiger partial charge in [0, 0.05) is 170 Å². The van der Waals surface area contributed by atoms with E-state index >= 15 is 0 Å².